The first-order valence-electron chi connectivity index (χ1n) is 6.37. The van der Waals surface area contributed by atoms with Gasteiger partial charge in [-0.05, 0) is 52.4 Å². The van der Waals surface area contributed by atoms with Crippen LogP contribution in [0.15, 0.2) is 50.6 Å². The summed E-state index contributed by atoms with van der Waals surface area (Å²) >= 11 is 11.9. The van der Waals surface area contributed by atoms with Crippen LogP contribution in [0, 0.1) is 4.77 Å². The van der Waals surface area contributed by atoms with Crippen molar-refractivity contribution >= 4 is 50.3 Å². The maximum atomic E-state index is 10.1. The van der Waals surface area contributed by atoms with Crippen molar-refractivity contribution in [3.63, 3.8) is 0 Å². The average molecular weight is 455 g/mol. The fourth-order valence-corrected chi connectivity index (χ4v) is 3.30. The molecule has 0 spiro atoms. The van der Waals surface area contributed by atoms with E-state index in [1.807, 2.05) is 18.2 Å². The topological polar surface area (TPSA) is 79.1 Å². The first-order chi connectivity index (χ1) is 11.1. The molecule has 0 aliphatic carbocycles. The lowest BCUT2D eigenvalue weighted by atomic mass is 10.2. The number of halogens is 2. The van der Waals surface area contributed by atoms with Gasteiger partial charge in [-0.15, -0.1) is 0 Å². The first kappa shape index (κ1) is 16.0. The van der Waals surface area contributed by atoms with Crippen LogP contribution in [0.25, 0.3) is 11.5 Å². The number of benzene rings is 1. The molecule has 6 nitrogen and oxygen atoms in total. The molecule has 116 valence electrons. The van der Waals surface area contributed by atoms with Gasteiger partial charge < -0.3 is 5.11 Å². The van der Waals surface area contributed by atoms with Gasteiger partial charge in [0.1, 0.15) is 11.4 Å². The molecule has 0 atom stereocenters. The van der Waals surface area contributed by atoms with Gasteiger partial charge in [0.2, 0.25) is 10.6 Å². The summed E-state index contributed by atoms with van der Waals surface area (Å²) in [6, 6.07) is 8.97. The molecule has 0 fully saturated rings. The molecule has 3 rings (SSSR count). The van der Waals surface area contributed by atoms with E-state index in [1.54, 1.807) is 18.3 Å². The normalized spacial score (nSPS) is 11.2. The smallest absolute Gasteiger partial charge is 0.216 e. The molecule has 1 aromatic carbocycles. The molecule has 23 heavy (non-hydrogen) atoms. The van der Waals surface area contributed by atoms with E-state index in [-0.39, 0.29) is 5.75 Å². The van der Waals surface area contributed by atoms with Crippen LogP contribution in [0.1, 0.15) is 5.56 Å². The Morgan fingerprint density at radius 1 is 1.30 bits per heavy atom. The predicted octanol–water partition coefficient (Wildman–Crippen LogP) is 4.12. The highest BCUT2D eigenvalue weighted by Gasteiger charge is 2.10. The first-order valence-corrected chi connectivity index (χ1v) is 8.37. The number of phenolic OH excluding ortho intramolecular Hbond substituents is 1. The maximum Gasteiger partial charge on any atom is 0.216 e. The number of aromatic nitrogens is 4. The number of nitrogens with zero attached hydrogens (tertiary/aromatic N) is 4. The van der Waals surface area contributed by atoms with Crippen molar-refractivity contribution in [1.82, 2.24) is 19.9 Å². The Morgan fingerprint density at radius 3 is 2.87 bits per heavy atom. The Hall–Kier alpha value is -1.84. The molecule has 0 amide bonds. The summed E-state index contributed by atoms with van der Waals surface area (Å²) in [6.45, 7) is 0. The van der Waals surface area contributed by atoms with Crippen LogP contribution in [0.5, 0.6) is 5.75 Å². The van der Waals surface area contributed by atoms with E-state index in [4.69, 9.17) is 12.2 Å². The number of hydrogen-bond acceptors (Lipinski definition) is 5. The number of H-pyrrole nitrogens is 1. The van der Waals surface area contributed by atoms with Crippen LogP contribution < -0.4 is 0 Å². The number of nitrogens with one attached hydrogen (secondary N) is 1. The van der Waals surface area contributed by atoms with Gasteiger partial charge in [-0.1, -0.05) is 22.0 Å². The van der Waals surface area contributed by atoms with E-state index in [9.17, 15) is 5.11 Å². The van der Waals surface area contributed by atoms with Gasteiger partial charge in [0.25, 0.3) is 0 Å². The standard InChI is InChI=1S/C14H9Br2N5OS/c15-9-5-8(12(22)10(16)6-9)7-18-21-13(19-20-14(21)23)11-3-1-2-4-17-11/h1-7,22H,(H,20,23). The quantitative estimate of drug-likeness (QED) is 0.461. The number of aromatic hydroxyl groups is 1. The average Bonchev–Trinajstić information content (AvgIpc) is 2.91. The van der Waals surface area contributed by atoms with Crippen molar-refractivity contribution in [2.75, 3.05) is 0 Å². The van der Waals surface area contributed by atoms with E-state index in [0.717, 1.165) is 4.47 Å². The number of aromatic amines is 1. The Labute approximate surface area is 153 Å². The van der Waals surface area contributed by atoms with Gasteiger partial charge in [0.05, 0.1) is 10.7 Å². The molecule has 9 heteroatoms. The fraction of sp³-hybridized carbons (Fsp3) is 0. The number of phenols is 1. The minimum Gasteiger partial charge on any atom is -0.506 e. The summed E-state index contributed by atoms with van der Waals surface area (Å²) in [4.78, 5) is 4.24. The van der Waals surface area contributed by atoms with Gasteiger partial charge in [-0.25, -0.2) is 5.10 Å². The molecule has 3 aromatic rings. The zero-order chi connectivity index (χ0) is 16.4. The van der Waals surface area contributed by atoms with E-state index in [0.29, 0.717) is 26.3 Å². The van der Waals surface area contributed by atoms with E-state index < -0.39 is 0 Å². The molecule has 0 saturated heterocycles. The van der Waals surface area contributed by atoms with Crippen molar-refractivity contribution < 1.29 is 5.11 Å². The predicted molar refractivity (Wildman–Crippen MR) is 97.1 cm³/mol. The summed E-state index contributed by atoms with van der Waals surface area (Å²) in [5.74, 6) is 0.576. The fourth-order valence-electron chi connectivity index (χ4n) is 1.86. The Balaban J connectivity index is 2.05. The summed E-state index contributed by atoms with van der Waals surface area (Å²) < 4.78 is 3.15. The molecule has 0 radical (unpaired) electrons. The third-order valence-electron chi connectivity index (χ3n) is 2.91. The Bertz CT molecular complexity index is 936. The molecule has 2 N–H and O–H groups in total. The summed E-state index contributed by atoms with van der Waals surface area (Å²) in [5.41, 5.74) is 1.16. The highest BCUT2D eigenvalue weighted by molar-refractivity contribution is 9.11. The van der Waals surface area contributed by atoms with Crippen LogP contribution in [0.3, 0.4) is 0 Å². The second kappa shape index (κ2) is 6.73. The molecule has 0 aliphatic rings. The zero-order valence-corrected chi connectivity index (χ0v) is 15.4. The highest BCUT2D eigenvalue weighted by Crippen LogP contribution is 2.30. The minimum atomic E-state index is 0.0892. The Kier molecular flexibility index (Phi) is 4.69. The van der Waals surface area contributed by atoms with Crippen LogP contribution in [0.4, 0.5) is 0 Å². The molecule has 0 unspecified atom stereocenters. The van der Waals surface area contributed by atoms with Gasteiger partial charge >= 0.3 is 0 Å². The van der Waals surface area contributed by atoms with Crippen molar-refractivity contribution in [2.24, 2.45) is 5.10 Å². The molecule has 2 aromatic heterocycles. The van der Waals surface area contributed by atoms with Crippen molar-refractivity contribution in [3.8, 4) is 17.3 Å². The third kappa shape index (κ3) is 3.41. The van der Waals surface area contributed by atoms with Crippen molar-refractivity contribution in [2.45, 2.75) is 0 Å². The van der Waals surface area contributed by atoms with Gasteiger partial charge in [0.15, 0.2) is 0 Å². The van der Waals surface area contributed by atoms with Crippen molar-refractivity contribution in [3.05, 3.63) is 55.8 Å². The molecular weight excluding hydrogens is 446 g/mol. The van der Waals surface area contributed by atoms with Crippen LogP contribution in [-0.2, 0) is 0 Å². The lowest BCUT2D eigenvalue weighted by Crippen LogP contribution is -1.96. The zero-order valence-electron chi connectivity index (χ0n) is 11.4. The number of hydrogen-bond donors (Lipinski definition) is 2. The van der Waals surface area contributed by atoms with Crippen molar-refractivity contribution in [1.29, 1.82) is 0 Å². The van der Waals surface area contributed by atoms with E-state index in [1.165, 1.54) is 10.9 Å². The second-order valence-electron chi connectivity index (χ2n) is 4.45. The van der Waals surface area contributed by atoms with Gasteiger partial charge in [-0.2, -0.15) is 14.9 Å². The van der Waals surface area contributed by atoms with Crippen LogP contribution in [-0.4, -0.2) is 31.2 Å². The molecule has 0 saturated carbocycles. The largest absolute Gasteiger partial charge is 0.506 e. The second-order valence-corrected chi connectivity index (χ2v) is 6.61. The highest BCUT2D eigenvalue weighted by atomic mass is 79.9. The number of rotatable bonds is 3. The minimum absolute atomic E-state index is 0.0892. The lowest BCUT2D eigenvalue weighted by Gasteiger charge is -2.03. The summed E-state index contributed by atoms with van der Waals surface area (Å²) in [6.07, 6.45) is 3.17. The third-order valence-corrected chi connectivity index (χ3v) is 4.24. The van der Waals surface area contributed by atoms with Crippen LogP contribution >= 0.6 is 44.1 Å². The van der Waals surface area contributed by atoms with Crippen LogP contribution in [0.2, 0.25) is 0 Å². The molecular formula is C14H9Br2N5OS. The number of pyridine rings is 1. The summed E-state index contributed by atoms with van der Waals surface area (Å²) in [7, 11) is 0. The van der Waals surface area contributed by atoms with Gasteiger partial charge in [0, 0.05) is 16.2 Å². The van der Waals surface area contributed by atoms with E-state index >= 15 is 0 Å². The monoisotopic (exact) mass is 453 g/mol. The van der Waals surface area contributed by atoms with E-state index in [2.05, 4.69) is 52.1 Å². The lowest BCUT2D eigenvalue weighted by molar-refractivity contribution is 0.471. The Morgan fingerprint density at radius 2 is 2.13 bits per heavy atom. The molecule has 0 bridgehead atoms. The maximum absolute atomic E-state index is 10.1. The summed E-state index contributed by atoms with van der Waals surface area (Å²) in [5, 5.41) is 21.2. The van der Waals surface area contributed by atoms with Gasteiger partial charge in [-0.3, -0.25) is 4.98 Å². The SMILES string of the molecule is Oc1c(Br)cc(Br)cc1C=Nn1c(-c2ccccn2)n[nH]c1=S. The molecule has 0 aliphatic heterocycles. The molecule has 2 heterocycles.